The summed E-state index contributed by atoms with van der Waals surface area (Å²) >= 11 is 0. The number of nitrogens with zero attached hydrogens (tertiary/aromatic N) is 3. The van der Waals surface area contributed by atoms with Crippen molar-refractivity contribution in [2.24, 2.45) is 16.8 Å². The van der Waals surface area contributed by atoms with Crippen molar-refractivity contribution in [1.82, 2.24) is 16.0 Å². The smallest absolute Gasteiger partial charge is 0.312 e. The highest BCUT2D eigenvalue weighted by Gasteiger charge is 2.28. The molecule has 0 bridgehead atoms. The molecule has 0 spiro atoms. The molecule has 1 rings (SSSR count). The number of nitrogens with two attached hydrogens (primary N) is 1. The minimum absolute atomic E-state index is 0.0357. The van der Waals surface area contributed by atoms with E-state index in [-0.39, 0.29) is 44.4 Å². The fourth-order valence-electron chi connectivity index (χ4n) is 4.10. The summed E-state index contributed by atoms with van der Waals surface area (Å²) in [7, 11) is 0. The second kappa shape index (κ2) is 29.8. The molecule has 0 aliphatic rings. The fourth-order valence-corrected chi connectivity index (χ4v) is 4.10. The summed E-state index contributed by atoms with van der Waals surface area (Å²) in [6.07, 6.45) is 0.655. The number of nitrogens with one attached hydrogen (secondary N) is 4. The average Bonchev–Trinajstić information content (AvgIpc) is 3.09. The number of benzene rings is 1. The first kappa shape index (κ1) is 44.0. The Bertz CT molecular complexity index is 1130. The van der Waals surface area contributed by atoms with Gasteiger partial charge in [-0.15, -0.1) is 0 Å². The van der Waals surface area contributed by atoms with Gasteiger partial charge < -0.3 is 55.4 Å². The van der Waals surface area contributed by atoms with E-state index in [1.807, 2.05) is 6.07 Å². The maximum absolute atomic E-state index is 13.2. The zero-order chi connectivity index (χ0) is 36.7. The van der Waals surface area contributed by atoms with Crippen LogP contribution < -0.4 is 27.0 Å². The summed E-state index contributed by atoms with van der Waals surface area (Å²) in [5.74, 6) is -1.55. The molecule has 0 aliphatic carbocycles. The minimum atomic E-state index is -0.913. The van der Waals surface area contributed by atoms with Crippen LogP contribution in [0.3, 0.4) is 0 Å². The van der Waals surface area contributed by atoms with Gasteiger partial charge in [0.2, 0.25) is 17.7 Å². The molecule has 2 atom stereocenters. The van der Waals surface area contributed by atoms with Gasteiger partial charge in [-0.1, -0.05) is 37.2 Å². The lowest BCUT2D eigenvalue weighted by Crippen LogP contribution is -2.54. The Morgan fingerprint density at radius 3 is 1.78 bits per heavy atom. The molecule has 0 heterocycles. The topological polar surface area (TPSA) is 247 Å². The van der Waals surface area contributed by atoms with Crippen molar-refractivity contribution >= 4 is 29.4 Å². The van der Waals surface area contributed by atoms with Crippen molar-refractivity contribution in [3.63, 3.8) is 0 Å². The van der Waals surface area contributed by atoms with E-state index >= 15 is 0 Å². The summed E-state index contributed by atoms with van der Waals surface area (Å²) in [5.41, 5.74) is 13.8. The lowest BCUT2D eigenvalue weighted by atomic mass is 10.0. The summed E-state index contributed by atoms with van der Waals surface area (Å²) in [6.45, 7) is 8.58. The second-order valence-corrected chi connectivity index (χ2v) is 11.0. The van der Waals surface area contributed by atoms with Crippen LogP contribution in [0.1, 0.15) is 33.1 Å². The van der Waals surface area contributed by atoms with Gasteiger partial charge in [-0.3, -0.25) is 14.4 Å². The molecule has 18 heteroatoms. The maximum Gasteiger partial charge on any atom is 0.312 e. The third-order valence-electron chi connectivity index (χ3n) is 6.64. The van der Waals surface area contributed by atoms with Gasteiger partial charge in [0.15, 0.2) is 0 Å². The Labute approximate surface area is 293 Å². The largest absolute Gasteiger partial charge is 0.379 e. The Morgan fingerprint density at radius 1 is 0.760 bits per heavy atom. The quantitative estimate of drug-likeness (QED) is 0.0322. The molecule has 50 heavy (non-hydrogen) atoms. The van der Waals surface area contributed by atoms with Crippen molar-refractivity contribution in [2.45, 2.75) is 45.2 Å². The second-order valence-electron chi connectivity index (χ2n) is 11.0. The number of anilines is 1. The molecular weight excluding hydrogens is 656 g/mol. The Kier molecular flexibility index (Phi) is 26.3. The molecule has 0 fully saturated rings. The number of amides is 5. The van der Waals surface area contributed by atoms with Crippen LogP contribution >= 0.6 is 0 Å². The number of hydrogen-bond acceptors (Lipinski definition) is 11. The molecule has 0 saturated carbocycles. The summed E-state index contributed by atoms with van der Waals surface area (Å²) in [5, 5.41) is 14.1. The Hall–Kier alpha value is -4.03. The molecule has 1 aromatic rings. The molecule has 0 aliphatic heterocycles. The van der Waals surface area contributed by atoms with Crippen LogP contribution in [0, 0.1) is 5.92 Å². The van der Waals surface area contributed by atoms with Crippen LogP contribution in [0.25, 0.3) is 10.4 Å². The molecule has 0 unspecified atom stereocenters. The number of carbonyl (C=O) groups excluding carboxylic acids is 4. The predicted octanol–water partition coefficient (Wildman–Crippen LogP) is 1.50. The number of rotatable bonds is 31. The van der Waals surface area contributed by atoms with E-state index in [4.69, 9.17) is 39.7 Å². The van der Waals surface area contributed by atoms with Crippen molar-refractivity contribution in [2.75, 3.05) is 97.7 Å². The van der Waals surface area contributed by atoms with E-state index in [0.717, 1.165) is 0 Å². The van der Waals surface area contributed by atoms with E-state index in [1.165, 1.54) is 0 Å². The van der Waals surface area contributed by atoms with Gasteiger partial charge in [0.05, 0.1) is 79.3 Å². The maximum atomic E-state index is 13.2. The van der Waals surface area contributed by atoms with E-state index in [1.54, 1.807) is 38.1 Å². The molecule has 18 nitrogen and oxygen atoms in total. The summed E-state index contributed by atoms with van der Waals surface area (Å²) in [6, 6.07) is 6.34. The molecule has 282 valence electrons. The van der Waals surface area contributed by atoms with Gasteiger partial charge in [0.1, 0.15) is 12.1 Å². The van der Waals surface area contributed by atoms with E-state index < -0.39 is 29.9 Å². The molecule has 0 aromatic heterocycles. The minimum Gasteiger partial charge on any atom is -0.379 e. The standard InChI is InChI=1S/C32H54N8O10/c1-25(2)29(31(43)38-27(9-6-11-35-32(33)44)30(42)37-26-7-4-3-5-8-26)39-28(41)10-13-45-15-17-47-19-21-49-23-24-50-22-20-48-18-16-46-14-12-36-40-34/h3-5,7-8,25,27,29H,6,9-24H2,1-2H3,(H,37,42)(H,38,43)(H,39,41)(H3,33,35,44)/t27-,29-/m0/s1. The van der Waals surface area contributed by atoms with Gasteiger partial charge in [-0.05, 0) is 36.4 Å². The van der Waals surface area contributed by atoms with E-state index in [2.05, 4.69) is 31.3 Å². The molecule has 6 N–H and O–H groups in total. The first-order chi connectivity index (χ1) is 24.2. The third kappa shape index (κ3) is 24.2. The lowest BCUT2D eigenvalue weighted by Gasteiger charge is -2.25. The van der Waals surface area contributed by atoms with Gasteiger partial charge >= 0.3 is 6.03 Å². The van der Waals surface area contributed by atoms with Gasteiger partial charge in [-0.25, -0.2) is 4.79 Å². The number of urea groups is 1. The van der Waals surface area contributed by atoms with Crippen molar-refractivity contribution in [3.8, 4) is 0 Å². The number of carbonyl (C=O) groups is 4. The van der Waals surface area contributed by atoms with Crippen LogP contribution in [0.2, 0.25) is 0 Å². The molecule has 0 radical (unpaired) electrons. The van der Waals surface area contributed by atoms with Crippen LogP contribution in [0.15, 0.2) is 35.4 Å². The normalized spacial score (nSPS) is 12.1. The highest BCUT2D eigenvalue weighted by molar-refractivity contribution is 5.98. The first-order valence-electron chi connectivity index (χ1n) is 16.7. The van der Waals surface area contributed by atoms with Crippen LogP contribution in [-0.4, -0.2) is 128 Å². The van der Waals surface area contributed by atoms with Gasteiger partial charge in [-0.2, -0.15) is 0 Å². The number of primary amides is 1. The van der Waals surface area contributed by atoms with Crippen LogP contribution in [-0.2, 0) is 42.8 Å². The van der Waals surface area contributed by atoms with Gasteiger partial charge in [0, 0.05) is 30.1 Å². The Morgan fingerprint density at radius 2 is 1.28 bits per heavy atom. The van der Waals surface area contributed by atoms with Crippen molar-refractivity contribution in [1.29, 1.82) is 0 Å². The monoisotopic (exact) mass is 710 g/mol. The first-order valence-corrected chi connectivity index (χ1v) is 16.7. The fraction of sp³-hybridized carbons (Fsp3) is 0.688. The Balaban J connectivity index is 2.20. The highest BCUT2D eigenvalue weighted by Crippen LogP contribution is 2.09. The zero-order valence-electron chi connectivity index (χ0n) is 29.1. The predicted molar refractivity (Wildman–Crippen MR) is 184 cm³/mol. The lowest BCUT2D eigenvalue weighted by molar-refractivity contribution is -0.132. The number of azide groups is 1. The highest BCUT2D eigenvalue weighted by atomic mass is 16.6. The van der Waals surface area contributed by atoms with E-state index in [0.29, 0.717) is 84.7 Å². The third-order valence-corrected chi connectivity index (χ3v) is 6.64. The van der Waals surface area contributed by atoms with Crippen LogP contribution in [0.5, 0.6) is 0 Å². The van der Waals surface area contributed by atoms with Crippen molar-refractivity contribution in [3.05, 3.63) is 40.8 Å². The SMILES string of the molecule is CC(C)[C@H](NC(=O)CCOCCOCCOCCOCCOCCOCCN=[N+]=[N-])C(=O)N[C@@H](CCCNC(N)=O)C(=O)Nc1ccccc1. The van der Waals surface area contributed by atoms with Gasteiger partial charge in [0.25, 0.3) is 0 Å². The number of para-hydroxylation sites is 1. The van der Waals surface area contributed by atoms with Crippen molar-refractivity contribution < 1.29 is 47.6 Å². The molecular formula is C32H54N8O10. The van der Waals surface area contributed by atoms with Crippen LogP contribution in [0.4, 0.5) is 10.5 Å². The zero-order valence-corrected chi connectivity index (χ0v) is 29.1. The number of ether oxygens (including phenoxy) is 6. The van der Waals surface area contributed by atoms with E-state index in [9.17, 15) is 19.2 Å². The molecule has 1 aromatic carbocycles. The number of hydrogen-bond donors (Lipinski definition) is 5. The summed E-state index contributed by atoms with van der Waals surface area (Å²) < 4.78 is 32.4. The molecule has 0 saturated heterocycles. The molecule has 5 amide bonds. The average molecular weight is 711 g/mol. The summed E-state index contributed by atoms with van der Waals surface area (Å²) in [4.78, 5) is 52.5.